The molecule has 3 heteroatoms. The lowest BCUT2D eigenvalue weighted by Crippen LogP contribution is -2.77. The van der Waals surface area contributed by atoms with Crippen molar-refractivity contribution in [1.29, 1.82) is 5.41 Å². The quantitative estimate of drug-likeness (QED) is 0.666. The van der Waals surface area contributed by atoms with Crippen LogP contribution in [0.1, 0.15) is 19.3 Å². The van der Waals surface area contributed by atoms with Crippen molar-refractivity contribution in [3.63, 3.8) is 0 Å². The van der Waals surface area contributed by atoms with Crippen LogP contribution in [-0.4, -0.2) is 11.7 Å². The van der Waals surface area contributed by atoms with E-state index in [1.54, 1.807) is 0 Å². The van der Waals surface area contributed by atoms with Crippen molar-refractivity contribution >= 4 is 20.6 Å². The van der Waals surface area contributed by atoms with E-state index in [9.17, 15) is 0 Å². The maximum absolute atomic E-state index is 7.21. The number of halogens is 1. The highest BCUT2D eigenvalue weighted by atomic mass is 79.9. The summed E-state index contributed by atoms with van der Waals surface area (Å²) < 4.78 is 0.478. The summed E-state index contributed by atoms with van der Waals surface area (Å²) in [7, 11) is 2.03. The zero-order valence-corrected chi connectivity index (χ0v) is 8.32. The SMILES string of the molecule is C[NH2+]/C(=C\C(=N)Br)CC1CC1. The first kappa shape index (κ1) is 8.94. The van der Waals surface area contributed by atoms with E-state index in [1.807, 2.05) is 13.1 Å². The van der Waals surface area contributed by atoms with Crippen LogP contribution in [0.25, 0.3) is 0 Å². The highest BCUT2D eigenvalue weighted by Gasteiger charge is 2.23. The summed E-state index contributed by atoms with van der Waals surface area (Å²) in [5.74, 6) is 0.907. The predicted molar refractivity (Wildman–Crippen MR) is 49.9 cm³/mol. The molecule has 11 heavy (non-hydrogen) atoms. The van der Waals surface area contributed by atoms with Gasteiger partial charge in [-0.05, 0) is 34.7 Å². The molecule has 3 N–H and O–H groups in total. The molecule has 0 saturated heterocycles. The second-order valence-corrected chi connectivity index (χ2v) is 3.86. The molecule has 0 aliphatic heterocycles. The van der Waals surface area contributed by atoms with E-state index in [1.165, 1.54) is 18.5 Å². The van der Waals surface area contributed by atoms with Crippen molar-refractivity contribution in [2.24, 2.45) is 5.92 Å². The van der Waals surface area contributed by atoms with Crippen molar-refractivity contribution in [3.05, 3.63) is 11.8 Å². The lowest BCUT2D eigenvalue weighted by Gasteiger charge is -1.98. The summed E-state index contributed by atoms with van der Waals surface area (Å²) in [6.45, 7) is 0. The standard InChI is InChI=1S/C8H13BrN2/c1-11-7(5-8(9)10)4-6-2-3-6/h5-6,10-11H,2-4H2,1H3/p+1/b7-5-,10-8?. The molecular formula is C8H14BrN2+. The predicted octanol–water partition coefficient (Wildman–Crippen LogP) is 1.24. The van der Waals surface area contributed by atoms with Crippen molar-refractivity contribution in [3.8, 4) is 0 Å². The van der Waals surface area contributed by atoms with Gasteiger partial charge in [0.25, 0.3) is 0 Å². The molecule has 0 aromatic rings. The average molecular weight is 218 g/mol. The molecule has 1 fully saturated rings. The number of nitrogens with two attached hydrogens (primary N) is 1. The van der Waals surface area contributed by atoms with E-state index < -0.39 is 0 Å². The minimum absolute atomic E-state index is 0.478. The summed E-state index contributed by atoms with van der Waals surface area (Å²) in [5, 5.41) is 9.30. The summed E-state index contributed by atoms with van der Waals surface area (Å²) >= 11 is 3.11. The van der Waals surface area contributed by atoms with E-state index >= 15 is 0 Å². The third kappa shape index (κ3) is 3.68. The van der Waals surface area contributed by atoms with E-state index in [4.69, 9.17) is 5.41 Å². The van der Waals surface area contributed by atoms with Crippen molar-refractivity contribution < 1.29 is 5.32 Å². The fourth-order valence-electron chi connectivity index (χ4n) is 1.08. The van der Waals surface area contributed by atoms with Crippen LogP contribution >= 0.6 is 15.9 Å². The highest BCUT2D eigenvalue weighted by Crippen LogP contribution is 2.33. The van der Waals surface area contributed by atoms with Crippen LogP contribution in [0.15, 0.2) is 11.8 Å². The molecule has 1 aliphatic rings. The molecule has 0 spiro atoms. The minimum atomic E-state index is 0.478. The fraction of sp³-hybridized carbons (Fsp3) is 0.625. The Morgan fingerprint density at radius 1 is 1.73 bits per heavy atom. The number of nitrogens with one attached hydrogen (secondary N) is 1. The molecule has 0 amide bonds. The second kappa shape index (κ2) is 4.02. The highest BCUT2D eigenvalue weighted by molar-refractivity contribution is 9.18. The Morgan fingerprint density at radius 2 is 2.36 bits per heavy atom. The molecule has 2 nitrogen and oxygen atoms in total. The molecule has 0 bridgehead atoms. The van der Waals surface area contributed by atoms with Crippen LogP contribution in [0, 0.1) is 11.3 Å². The molecule has 0 aromatic carbocycles. The maximum atomic E-state index is 7.21. The molecule has 1 aliphatic carbocycles. The summed E-state index contributed by atoms with van der Waals surface area (Å²) in [6, 6.07) is 0. The van der Waals surface area contributed by atoms with Gasteiger partial charge in [-0.15, -0.1) is 0 Å². The Bertz CT molecular complexity index is 183. The lowest BCUT2D eigenvalue weighted by molar-refractivity contribution is -0.578. The van der Waals surface area contributed by atoms with E-state index in [-0.39, 0.29) is 0 Å². The fourth-order valence-corrected chi connectivity index (χ4v) is 1.37. The van der Waals surface area contributed by atoms with Gasteiger partial charge in [-0.1, -0.05) is 0 Å². The van der Waals surface area contributed by atoms with Crippen LogP contribution in [0.5, 0.6) is 0 Å². The summed E-state index contributed by atoms with van der Waals surface area (Å²) in [5.41, 5.74) is 1.29. The molecular weight excluding hydrogens is 204 g/mol. The first-order valence-electron chi connectivity index (χ1n) is 3.96. The summed E-state index contributed by atoms with van der Waals surface area (Å²) in [6.07, 6.45) is 5.80. The van der Waals surface area contributed by atoms with Gasteiger partial charge in [-0.3, -0.25) is 5.41 Å². The van der Waals surface area contributed by atoms with Gasteiger partial charge in [-0.25, -0.2) is 0 Å². The lowest BCUT2D eigenvalue weighted by atomic mass is 10.2. The van der Waals surface area contributed by atoms with Gasteiger partial charge >= 0.3 is 0 Å². The van der Waals surface area contributed by atoms with Crippen LogP contribution < -0.4 is 5.32 Å². The van der Waals surface area contributed by atoms with Gasteiger partial charge in [-0.2, -0.15) is 0 Å². The first-order valence-corrected chi connectivity index (χ1v) is 4.75. The molecule has 62 valence electrons. The van der Waals surface area contributed by atoms with Gasteiger partial charge in [0.05, 0.1) is 7.05 Å². The van der Waals surface area contributed by atoms with Crippen molar-refractivity contribution in [2.75, 3.05) is 7.05 Å². The Hall–Kier alpha value is -0.150. The number of rotatable bonds is 4. The van der Waals surface area contributed by atoms with Gasteiger partial charge in [0.2, 0.25) is 0 Å². The molecule has 0 atom stereocenters. The van der Waals surface area contributed by atoms with E-state index in [2.05, 4.69) is 21.2 Å². The molecule has 0 radical (unpaired) electrons. The second-order valence-electron chi connectivity index (χ2n) is 3.00. The Kier molecular flexibility index (Phi) is 3.27. The Balaban J connectivity index is 2.39. The average Bonchev–Trinajstić information content (AvgIpc) is 2.69. The van der Waals surface area contributed by atoms with Crippen LogP contribution in [0.4, 0.5) is 0 Å². The van der Waals surface area contributed by atoms with E-state index in [0.29, 0.717) is 4.62 Å². The number of hydrogen-bond donors (Lipinski definition) is 2. The van der Waals surface area contributed by atoms with E-state index in [0.717, 1.165) is 12.3 Å². The zero-order valence-electron chi connectivity index (χ0n) is 6.73. The van der Waals surface area contributed by atoms with Crippen molar-refractivity contribution in [2.45, 2.75) is 19.3 Å². The Labute approximate surface area is 75.7 Å². The molecule has 1 saturated carbocycles. The third-order valence-electron chi connectivity index (χ3n) is 1.90. The zero-order chi connectivity index (χ0) is 8.27. The topological polar surface area (TPSA) is 40.5 Å². The van der Waals surface area contributed by atoms with Gasteiger partial charge in [0, 0.05) is 12.5 Å². The first-order chi connectivity index (χ1) is 5.22. The number of hydrogen-bond acceptors (Lipinski definition) is 1. The van der Waals surface area contributed by atoms with Gasteiger partial charge < -0.3 is 5.32 Å². The number of allylic oxidation sites excluding steroid dienone is 2. The van der Waals surface area contributed by atoms with Crippen molar-refractivity contribution in [1.82, 2.24) is 0 Å². The van der Waals surface area contributed by atoms with Crippen LogP contribution in [0.3, 0.4) is 0 Å². The van der Waals surface area contributed by atoms with Crippen LogP contribution in [0.2, 0.25) is 0 Å². The van der Waals surface area contributed by atoms with Crippen LogP contribution in [-0.2, 0) is 0 Å². The largest absolute Gasteiger partial charge is 0.320 e. The molecule has 0 unspecified atom stereocenters. The van der Waals surface area contributed by atoms with Gasteiger partial charge in [0.15, 0.2) is 0 Å². The normalized spacial score (nSPS) is 18.5. The third-order valence-corrected chi connectivity index (χ3v) is 2.13. The van der Waals surface area contributed by atoms with Gasteiger partial charge in [0.1, 0.15) is 10.3 Å². The maximum Gasteiger partial charge on any atom is 0.108 e. The molecule has 0 heterocycles. The minimum Gasteiger partial charge on any atom is -0.320 e. The monoisotopic (exact) mass is 217 g/mol. The Morgan fingerprint density at radius 3 is 2.73 bits per heavy atom. The molecule has 1 rings (SSSR count). The number of quaternary nitrogens is 1. The summed E-state index contributed by atoms with van der Waals surface area (Å²) in [4.78, 5) is 0. The molecule has 0 aromatic heterocycles. The smallest absolute Gasteiger partial charge is 0.108 e.